The van der Waals surface area contributed by atoms with Gasteiger partial charge in [0.15, 0.2) is 5.15 Å². The summed E-state index contributed by atoms with van der Waals surface area (Å²) in [6.45, 7) is 1.75. The van der Waals surface area contributed by atoms with Gasteiger partial charge in [0.1, 0.15) is 5.82 Å². The van der Waals surface area contributed by atoms with Crippen molar-refractivity contribution in [2.45, 2.75) is 11.8 Å². The number of aromatic nitrogens is 1. The maximum Gasteiger partial charge on any atom is 0.262 e. The fraction of sp³-hybridized carbons (Fsp3) is 0.0833. The second-order valence-corrected chi connectivity index (χ2v) is 6.48. The van der Waals surface area contributed by atoms with Crippen molar-refractivity contribution in [3.8, 4) is 0 Å². The zero-order valence-corrected chi connectivity index (χ0v) is 12.5. The molecule has 1 aromatic carbocycles. The smallest absolute Gasteiger partial charge is 0.262 e. The van der Waals surface area contributed by atoms with Gasteiger partial charge in [-0.25, -0.2) is 17.8 Å². The van der Waals surface area contributed by atoms with Crippen LogP contribution in [0.2, 0.25) is 10.2 Å². The molecule has 1 heterocycles. The quantitative estimate of drug-likeness (QED) is 0.872. The third-order valence-corrected chi connectivity index (χ3v) is 4.38. The summed E-state index contributed by atoms with van der Waals surface area (Å²) in [4.78, 5) is 3.68. The number of benzene rings is 1. The number of pyridine rings is 1. The van der Waals surface area contributed by atoms with Crippen molar-refractivity contribution in [1.82, 2.24) is 4.98 Å². The lowest BCUT2D eigenvalue weighted by Gasteiger charge is -2.10. The molecule has 0 aliphatic rings. The standard InChI is InChI=1S/C12H9Cl2FN2O2S/c1-7-4-11(12(14)16-6-7)17-20(18,19)8-2-3-10(15)9(13)5-8/h2-6,17H,1H3. The van der Waals surface area contributed by atoms with Crippen LogP contribution in [-0.4, -0.2) is 13.4 Å². The fourth-order valence-electron chi connectivity index (χ4n) is 1.47. The minimum absolute atomic E-state index is 0.0207. The molecule has 2 rings (SSSR count). The summed E-state index contributed by atoms with van der Waals surface area (Å²) >= 11 is 11.4. The van der Waals surface area contributed by atoms with Crippen molar-refractivity contribution >= 4 is 38.9 Å². The van der Waals surface area contributed by atoms with Crippen molar-refractivity contribution in [2.75, 3.05) is 4.72 Å². The lowest BCUT2D eigenvalue weighted by atomic mass is 10.3. The molecule has 0 saturated carbocycles. The van der Waals surface area contributed by atoms with E-state index in [4.69, 9.17) is 23.2 Å². The molecular weight excluding hydrogens is 326 g/mol. The molecule has 2 aromatic rings. The number of halogens is 3. The van der Waals surface area contributed by atoms with Crippen LogP contribution in [0.3, 0.4) is 0 Å². The average molecular weight is 335 g/mol. The summed E-state index contributed by atoms with van der Waals surface area (Å²) in [6, 6.07) is 4.65. The first-order chi connectivity index (χ1) is 9.29. The number of nitrogens with zero attached hydrogens (tertiary/aromatic N) is 1. The number of sulfonamides is 1. The van der Waals surface area contributed by atoms with E-state index in [2.05, 4.69) is 9.71 Å². The summed E-state index contributed by atoms with van der Waals surface area (Å²) in [6.07, 6.45) is 1.51. The molecule has 8 heteroatoms. The first-order valence-corrected chi connectivity index (χ1v) is 7.63. The summed E-state index contributed by atoms with van der Waals surface area (Å²) in [5, 5.41) is -0.256. The van der Waals surface area contributed by atoms with Crippen LogP contribution < -0.4 is 4.72 Å². The van der Waals surface area contributed by atoms with E-state index in [-0.39, 0.29) is 20.8 Å². The number of anilines is 1. The Labute approximate surface area is 125 Å². The number of rotatable bonds is 3. The monoisotopic (exact) mass is 334 g/mol. The molecule has 0 aliphatic carbocycles. The molecule has 20 heavy (non-hydrogen) atoms. The van der Waals surface area contributed by atoms with Gasteiger partial charge in [0, 0.05) is 6.20 Å². The molecular formula is C12H9Cl2FN2O2S. The molecule has 0 aliphatic heterocycles. The summed E-state index contributed by atoms with van der Waals surface area (Å²) < 4.78 is 39.6. The van der Waals surface area contributed by atoms with Gasteiger partial charge in [-0.1, -0.05) is 23.2 Å². The fourth-order valence-corrected chi connectivity index (χ4v) is 3.01. The van der Waals surface area contributed by atoms with E-state index >= 15 is 0 Å². The van der Waals surface area contributed by atoms with Crippen LogP contribution in [0.4, 0.5) is 10.1 Å². The summed E-state index contributed by atoms with van der Waals surface area (Å²) in [7, 11) is -3.92. The predicted octanol–water partition coefficient (Wildman–Crippen LogP) is 3.64. The van der Waals surface area contributed by atoms with Gasteiger partial charge in [0.2, 0.25) is 0 Å². The molecule has 0 radical (unpaired) electrons. The summed E-state index contributed by atoms with van der Waals surface area (Å²) in [5.41, 5.74) is 0.886. The zero-order valence-electron chi connectivity index (χ0n) is 10.2. The summed E-state index contributed by atoms with van der Waals surface area (Å²) in [5.74, 6) is -0.694. The largest absolute Gasteiger partial charge is 0.276 e. The Morgan fingerprint density at radius 2 is 1.95 bits per heavy atom. The van der Waals surface area contributed by atoms with Gasteiger partial charge in [0.05, 0.1) is 15.6 Å². The van der Waals surface area contributed by atoms with Crippen molar-refractivity contribution in [2.24, 2.45) is 0 Å². The van der Waals surface area contributed by atoms with E-state index in [1.54, 1.807) is 6.92 Å². The molecule has 1 N–H and O–H groups in total. The Balaban J connectivity index is 2.40. The van der Waals surface area contributed by atoms with Crippen LogP contribution in [0.15, 0.2) is 35.4 Å². The number of hydrogen-bond acceptors (Lipinski definition) is 3. The lowest BCUT2D eigenvalue weighted by Crippen LogP contribution is -2.13. The Morgan fingerprint density at radius 3 is 2.60 bits per heavy atom. The highest BCUT2D eigenvalue weighted by Gasteiger charge is 2.17. The maximum atomic E-state index is 13.1. The van der Waals surface area contributed by atoms with Crippen LogP contribution in [0.5, 0.6) is 0 Å². The van der Waals surface area contributed by atoms with Gasteiger partial charge in [-0.2, -0.15) is 0 Å². The zero-order chi connectivity index (χ0) is 14.9. The van der Waals surface area contributed by atoms with Gasteiger partial charge in [-0.15, -0.1) is 0 Å². The molecule has 0 amide bonds. The highest BCUT2D eigenvalue weighted by molar-refractivity contribution is 7.92. The van der Waals surface area contributed by atoms with E-state index in [0.29, 0.717) is 0 Å². The average Bonchev–Trinajstić information content (AvgIpc) is 2.36. The van der Waals surface area contributed by atoms with Gasteiger partial charge < -0.3 is 0 Å². The molecule has 1 aromatic heterocycles. The number of aryl methyl sites for hydroxylation is 1. The lowest BCUT2D eigenvalue weighted by molar-refractivity contribution is 0.599. The molecule has 0 bridgehead atoms. The van der Waals surface area contributed by atoms with Crippen molar-refractivity contribution in [3.05, 3.63) is 52.0 Å². The second-order valence-electron chi connectivity index (χ2n) is 4.03. The second kappa shape index (κ2) is 5.55. The maximum absolute atomic E-state index is 13.1. The van der Waals surface area contributed by atoms with Gasteiger partial charge in [-0.05, 0) is 36.8 Å². The highest BCUT2D eigenvalue weighted by atomic mass is 35.5. The molecule has 0 atom stereocenters. The first-order valence-electron chi connectivity index (χ1n) is 5.39. The normalized spacial score (nSPS) is 11.4. The molecule has 4 nitrogen and oxygen atoms in total. The Kier molecular flexibility index (Phi) is 4.17. The van der Waals surface area contributed by atoms with Crippen LogP contribution in [0.1, 0.15) is 5.56 Å². The molecule has 0 fully saturated rings. The van der Waals surface area contributed by atoms with E-state index < -0.39 is 15.8 Å². The van der Waals surface area contributed by atoms with E-state index in [1.807, 2.05) is 0 Å². The van der Waals surface area contributed by atoms with Crippen molar-refractivity contribution in [3.63, 3.8) is 0 Å². The third kappa shape index (κ3) is 3.20. The minimum Gasteiger partial charge on any atom is -0.276 e. The first kappa shape index (κ1) is 15.0. The van der Waals surface area contributed by atoms with Crippen LogP contribution in [-0.2, 0) is 10.0 Å². The van der Waals surface area contributed by atoms with E-state index in [9.17, 15) is 12.8 Å². The Hall–Kier alpha value is -1.37. The number of nitrogens with one attached hydrogen (secondary N) is 1. The Bertz CT molecular complexity index is 766. The van der Waals surface area contributed by atoms with Gasteiger partial charge >= 0.3 is 0 Å². The van der Waals surface area contributed by atoms with Crippen molar-refractivity contribution < 1.29 is 12.8 Å². The highest BCUT2D eigenvalue weighted by Crippen LogP contribution is 2.25. The molecule has 0 unspecified atom stereocenters. The van der Waals surface area contributed by atoms with Crippen LogP contribution in [0.25, 0.3) is 0 Å². The minimum atomic E-state index is -3.92. The predicted molar refractivity (Wildman–Crippen MR) is 76.2 cm³/mol. The van der Waals surface area contributed by atoms with Crippen molar-refractivity contribution in [1.29, 1.82) is 0 Å². The number of hydrogen-bond donors (Lipinski definition) is 1. The Morgan fingerprint density at radius 1 is 1.25 bits per heavy atom. The SMILES string of the molecule is Cc1cnc(Cl)c(NS(=O)(=O)c2ccc(F)c(Cl)c2)c1. The molecule has 106 valence electrons. The van der Waals surface area contributed by atoms with Crippen LogP contribution >= 0.6 is 23.2 Å². The molecule has 0 saturated heterocycles. The van der Waals surface area contributed by atoms with E-state index in [1.165, 1.54) is 12.3 Å². The van der Waals surface area contributed by atoms with Gasteiger partial charge in [0.25, 0.3) is 10.0 Å². The third-order valence-electron chi connectivity index (χ3n) is 2.42. The molecule has 0 spiro atoms. The topological polar surface area (TPSA) is 59.1 Å². The van der Waals surface area contributed by atoms with E-state index in [0.717, 1.165) is 23.8 Å². The van der Waals surface area contributed by atoms with Crippen LogP contribution in [0, 0.1) is 12.7 Å². The van der Waals surface area contributed by atoms with Gasteiger partial charge in [-0.3, -0.25) is 4.72 Å².